The van der Waals surface area contributed by atoms with Crippen LogP contribution in [0.15, 0.2) is 340 Å². The van der Waals surface area contributed by atoms with E-state index in [1.54, 1.807) is 0 Å². The fraction of sp³-hybridized carbons (Fsp3) is 0.0638. The molecule has 16 rings (SSSR count). The molecular formula is C94H74N4. The maximum atomic E-state index is 2.49. The highest BCUT2D eigenvalue weighted by atomic mass is 15.2. The van der Waals surface area contributed by atoms with Crippen molar-refractivity contribution in [2.75, 3.05) is 19.6 Å². The van der Waals surface area contributed by atoms with Gasteiger partial charge < -0.3 is 19.6 Å². The van der Waals surface area contributed by atoms with Gasteiger partial charge in [-0.2, -0.15) is 0 Å². The molecule has 0 unspecified atom stereocenters. The van der Waals surface area contributed by atoms with Gasteiger partial charge in [0, 0.05) is 67.0 Å². The number of nitrogens with zero attached hydrogens (tertiary/aromatic N) is 4. The summed E-state index contributed by atoms with van der Waals surface area (Å²) in [6, 6.07) is 125. The van der Waals surface area contributed by atoms with Crippen LogP contribution in [0.2, 0.25) is 0 Å². The second kappa shape index (κ2) is 25.8. The highest BCUT2D eigenvalue weighted by Crippen LogP contribution is 2.51. The Balaban J connectivity index is 0.754. The quantitative estimate of drug-likeness (QED) is 0.101. The summed E-state index contributed by atoms with van der Waals surface area (Å²) in [5.41, 5.74) is 27.8. The lowest BCUT2D eigenvalue weighted by molar-refractivity contribution is 1.25. The lowest BCUT2D eigenvalue weighted by Gasteiger charge is -2.31. The van der Waals surface area contributed by atoms with E-state index in [9.17, 15) is 0 Å². The van der Waals surface area contributed by atoms with Crippen molar-refractivity contribution in [2.24, 2.45) is 0 Å². The molecule has 16 aromatic carbocycles. The molecule has 0 saturated carbocycles. The Kier molecular flexibility index (Phi) is 16.0. The van der Waals surface area contributed by atoms with Crippen molar-refractivity contribution in [3.05, 3.63) is 373 Å². The van der Waals surface area contributed by atoms with Gasteiger partial charge in [0.05, 0.1) is 22.7 Å². The van der Waals surface area contributed by atoms with E-state index in [0.29, 0.717) is 0 Å². The Hall–Kier alpha value is -12.2. The number of hydrogen-bond donors (Lipinski definition) is 0. The van der Waals surface area contributed by atoms with Crippen molar-refractivity contribution in [3.8, 4) is 33.4 Å². The molecule has 0 fully saturated rings. The van der Waals surface area contributed by atoms with Crippen molar-refractivity contribution in [1.29, 1.82) is 0 Å². The summed E-state index contributed by atoms with van der Waals surface area (Å²) in [5, 5.41) is 9.55. The van der Waals surface area contributed by atoms with Gasteiger partial charge in [0.25, 0.3) is 0 Å². The molecule has 0 aliphatic rings. The predicted octanol–water partition coefficient (Wildman–Crippen LogP) is 27.0. The predicted molar refractivity (Wildman–Crippen MR) is 420 cm³/mol. The first kappa shape index (κ1) is 60.7. The van der Waals surface area contributed by atoms with Crippen LogP contribution in [0.1, 0.15) is 33.4 Å². The van der Waals surface area contributed by atoms with Gasteiger partial charge in [-0.1, -0.05) is 229 Å². The number of benzene rings is 16. The number of aryl methyl sites for hydroxylation is 6. The molecule has 4 nitrogen and oxygen atoms in total. The van der Waals surface area contributed by atoms with E-state index in [1.165, 1.54) is 93.5 Å². The first-order valence-corrected chi connectivity index (χ1v) is 34.0. The summed E-state index contributed by atoms with van der Waals surface area (Å²) in [7, 11) is 0. The van der Waals surface area contributed by atoms with E-state index in [-0.39, 0.29) is 0 Å². The first-order valence-electron chi connectivity index (χ1n) is 34.0. The van der Waals surface area contributed by atoms with Crippen LogP contribution in [0, 0.1) is 41.5 Å². The average Bonchev–Trinajstić information content (AvgIpc) is 0.735. The van der Waals surface area contributed by atoms with Crippen molar-refractivity contribution in [1.82, 2.24) is 0 Å². The monoisotopic (exact) mass is 1260 g/mol. The molecule has 0 spiro atoms. The SMILES string of the molecule is Cc1ccc(N(c2ccc(C)cc2)c2c(C)cc(-c3cc(C)c(N(c4ccc(C)cc4)c4ccc(C)c(-c5ccc6c(N(c7ccccc7)c7ccc(-c8ccc(N(c9ccccc9)c9cccc%10ccccc9%10)cc8)cc7)cccc6c5)c4)c4ccccc34)c3ccccc23)cc1. The third kappa shape index (κ3) is 11.4. The minimum atomic E-state index is 1.08. The van der Waals surface area contributed by atoms with Gasteiger partial charge in [0.1, 0.15) is 0 Å². The Morgan fingerprint density at radius 3 is 0.990 bits per heavy atom. The zero-order valence-corrected chi connectivity index (χ0v) is 56.1. The Labute approximate surface area is 575 Å². The van der Waals surface area contributed by atoms with E-state index in [1.807, 2.05) is 0 Å². The van der Waals surface area contributed by atoms with Gasteiger partial charge in [0.15, 0.2) is 0 Å². The molecule has 0 radical (unpaired) electrons. The van der Waals surface area contributed by atoms with Crippen LogP contribution < -0.4 is 19.6 Å². The van der Waals surface area contributed by atoms with Crippen molar-refractivity contribution < 1.29 is 0 Å². The van der Waals surface area contributed by atoms with E-state index in [4.69, 9.17) is 0 Å². The molecule has 0 atom stereocenters. The normalized spacial score (nSPS) is 11.4. The molecule has 4 heteroatoms. The van der Waals surface area contributed by atoms with Crippen LogP contribution >= 0.6 is 0 Å². The average molecular weight is 1260 g/mol. The van der Waals surface area contributed by atoms with Crippen LogP contribution in [0.25, 0.3) is 76.5 Å². The zero-order valence-electron chi connectivity index (χ0n) is 56.1. The smallest absolute Gasteiger partial charge is 0.0569 e. The molecule has 0 heterocycles. The zero-order chi connectivity index (χ0) is 66.4. The Morgan fingerprint density at radius 2 is 0.520 bits per heavy atom. The number of hydrogen-bond acceptors (Lipinski definition) is 4. The topological polar surface area (TPSA) is 13.0 Å². The van der Waals surface area contributed by atoms with Crippen LogP contribution in [0.3, 0.4) is 0 Å². The van der Waals surface area contributed by atoms with Gasteiger partial charge in [-0.25, -0.2) is 0 Å². The summed E-state index contributed by atoms with van der Waals surface area (Å²) in [6.07, 6.45) is 0. The van der Waals surface area contributed by atoms with Crippen LogP contribution in [-0.4, -0.2) is 0 Å². The molecule has 0 saturated heterocycles. The van der Waals surface area contributed by atoms with E-state index >= 15 is 0 Å². The fourth-order valence-electron chi connectivity index (χ4n) is 14.6. The number of fused-ring (bicyclic) bond motifs is 4. The summed E-state index contributed by atoms with van der Waals surface area (Å²) < 4.78 is 0. The Morgan fingerprint density at radius 1 is 0.184 bits per heavy atom. The lowest BCUT2D eigenvalue weighted by Crippen LogP contribution is -2.13. The van der Waals surface area contributed by atoms with Gasteiger partial charge in [-0.3, -0.25) is 0 Å². The third-order valence-corrected chi connectivity index (χ3v) is 19.5. The molecule has 0 amide bonds. The van der Waals surface area contributed by atoms with E-state index in [0.717, 1.165) is 84.6 Å². The van der Waals surface area contributed by atoms with Crippen molar-refractivity contribution >= 4 is 111 Å². The minimum Gasteiger partial charge on any atom is -0.310 e. The molecule has 16 aromatic rings. The highest BCUT2D eigenvalue weighted by molar-refractivity contribution is 6.15. The van der Waals surface area contributed by atoms with Gasteiger partial charge in [-0.15, -0.1) is 0 Å². The van der Waals surface area contributed by atoms with Crippen LogP contribution in [-0.2, 0) is 0 Å². The Bertz CT molecular complexity index is 5560. The number of para-hydroxylation sites is 2. The molecule has 0 aliphatic heterocycles. The van der Waals surface area contributed by atoms with Crippen molar-refractivity contribution in [3.63, 3.8) is 0 Å². The second-order valence-electron chi connectivity index (χ2n) is 26.1. The molecule has 98 heavy (non-hydrogen) atoms. The van der Waals surface area contributed by atoms with Gasteiger partial charge >= 0.3 is 0 Å². The van der Waals surface area contributed by atoms with E-state index in [2.05, 4.69) is 401 Å². The number of rotatable bonds is 15. The van der Waals surface area contributed by atoms with Gasteiger partial charge in [-0.05, 0) is 241 Å². The second-order valence-corrected chi connectivity index (χ2v) is 26.1. The largest absolute Gasteiger partial charge is 0.310 e. The summed E-state index contributed by atoms with van der Waals surface area (Å²) in [5.74, 6) is 0. The van der Waals surface area contributed by atoms with Gasteiger partial charge in [0.2, 0.25) is 0 Å². The minimum absolute atomic E-state index is 1.08. The van der Waals surface area contributed by atoms with Crippen LogP contribution in [0.5, 0.6) is 0 Å². The maximum Gasteiger partial charge on any atom is 0.0569 e. The first-order chi connectivity index (χ1) is 48.1. The fourth-order valence-corrected chi connectivity index (χ4v) is 14.6. The molecular weight excluding hydrogens is 1190 g/mol. The number of anilines is 12. The summed E-state index contributed by atoms with van der Waals surface area (Å²) in [4.78, 5) is 9.68. The van der Waals surface area contributed by atoms with E-state index < -0.39 is 0 Å². The maximum absolute atomic E-state index is 2.49. The molecule has 0 aromatic heterocycles. The molecule has 0 bridgehead atoms. The lowest BCUT2D eigenvalue weighted by atomic mass is 9.88. The molecule has 470 valence electrons. The highest BCUT2D eigenvalue weighted by Gasteiger charge is 2.26. The summed E-state index contributed by atoms with van der Waals surface area (Å²) in [6.45, 7) is 13.3. The molecule has 0 N–H and O–H groups in total. The summed E-state index contributed by atoms with van der Waals surface area (Å²) >= 11 is 0. The third-order valence-electron chi connectivity index (χ3n) is 19.5. The van der Waals surface area contributed by atoms with Crippen LogP contribution in [0.4, 0.5) is 68.2 Å². The molecule has 0 aliphatic carbocycles. The van der Waals surface area contributed by atoms with Crippen molar-refractivity contribution in [2.45, 2.75) is 41.5 Å². The standard InChI is InChI=1S/C94H74N4/c1-63-35-47-78(48-36-63)97(79-49-37-64(2)38-50-79)93-67(5)59-89(84-29-15-17-31-86(84)93)90-60-68(6)94(87-32-18-16-30-85(87)90)98(80-51-39-65(3)40-52-80)81-53-41-66(4)88(62-81)73-46-58-83-72(61-73)23-20-34-92(83)96(75-26-11-8-12-27-75)77-56-44-70(45-57-77)69-42-54-76(55-43-69)95(74-24-9-7-10-25-74)91-33-19-22-71-21-13-14-28-82(71)91/h7-62H,1-6H3.